The number of thioether (sulfide) groups is 2. The largest absolute Gasteiger partial charge is 0.491 e. The van der Waals surface area contributed by atoms with E-state index in [9.17, 15) is 0 Å². The third-order valence-corrected chi connectivity index (χ3v) is 6.82. The van der Waals surface area contributed by atoms with E-state index in [0.717, 1.165) is 30.4 Å². The van der Waals surface area contributed by atoms with Crippen LogP contribution < -0.4 is 10.1 Å². The van der Waals surface area contributed by atoms with Crippen molar-refractivity contribution in [1.82, 2.24) is 5.32 Å². The smallest absolute Gasteiger partial charge is 0.132 e. The van der Waals surface area contributed by atoms with E-state index >= 15 is 0 Å². The Morgan fingerprint density at radius 2 is 2.00 bits per heavy atom. The van der Waals surface area contributed by atoms with Crippen molar-refractivity contribution in [3.8, 4) is 5.75 Å². The van der Waals surface area contributed by atoms with Crippen LogP contribution in [-0.4, -0.2) is 30.7 Å². The van der Waals surface area contributed by atoms with Gasteiger partial charge in [-0.05, 0) is 43.1 Å². The van der Waals surface area contributed by atoms with Gasteiger partial charge in [0.1, 0.15) is 12.4 Å². The molecule has 0 spiro atoms. The lowest BCUT2D eigenvalue weighted by atomic mass is 10.2. The number of nitrogens with one attached hydrogen (secondary N) is 1. The summed E-state index contributed by atoms with van der Waals surface area (Å²) in [5.41, 5.74) is 1.37. The Kier molecular flexibility index (Phi) is 6.52. The minimum Gasteiger partial charge on any atom is -0.491 e. The lowest BCUT2D eigenvalue weighted by Crippen LogP contribution is -2.39. The standard InChI is InChI=1S/C20H25NOS2/c1-15(13-23-19-9-5-3-7-16(19)2)11-21-17-12-22-18-8-4-6-10-20(18)24-14-17/h3-10,15,17,21H,11-14H2,1-2H3/t15-,17+/m0/s1. The molecule has 0 fully saturated rings. The first-order valence-electron chi connectivity index (χ1n) is 8.49. The topological polar surface area (TPSA) is 21.3 Å². The van der Waals surface area contributed by atoms with Crippen LogP contribution in [0.2, 0.25) is 0 Å². The van der Waals surface area contributed by atoms with E-state index in [0.29, 0.717) is 12.0 Å². The highest BCUT2D eigenvalue weighted by molar-refractivity contribution is 7.99. The van der Waals surface area contributed by atoms with Crippen LogP contribution in [-0.2, 0) is 0 Å². The summed E-state index contributed by atoms with van der Waals surface area (Å²) in [6, 6.07) is 17.4. The van der Waals surface area contributed by atoms with E-state index in [1.54, 1.807) is 0 Å². The number of rotatable bonds is 6. The van der Waals surface area contributed by atoms with E-state index in [1.165, 1.54) is 15.4 Å². The third-order valence-electron chi connectivity index (χ3n) is 4.10. The molecule has 0 aliphatic carbocycles. The van der Waals surface area contributed by atoms with Crippen molar-refractivity contribution in [2.45, 2.75) is 29.7 Å². The Hall–Kier alpha value is -1.10. The number of ether oxygens (including phenoxy) is 1. The number of fused-ring (bicyclic) bond motifs is 1. The Bertz CT molecular complexity index is 635. The molecule has 1 N–H and O–H groups in total. The van der Waals surface area contributed by atoms with E-state index in [2.05, 4.69) is 61.6 Å². The normalized spacial score (nSPS) is 18.3. The fourth-order valence-electron chi connectivity index (χ4n) is 2.61. The van der Waals surface area contributed by atoms with Crippen molar-refractivity contribution < 1.29 is 4.74 Å². The van der Waals surface area contributed by atoms with Gasteiger partial charge in [0, 0.05) is 21.3 Å². The zero-order valence-corrected chi connectivity index (χ0v) is 16.0. The number of hydrogen-bond donors (Lipinski definition) is 1. The molecular formula is C20H25NOS2. The third kappa shape index (κ3) is 4.95. The molecule has 0 aromatic heterocycles. The minimum absolute atomic E-state index is 0.410. The summed E-state index contributed by atoms with van der Waals surface area (Å²) < 4.78 is 5.95. The first-order valence-corrected chi connectivity index (χ1v) is 10.5. The SMILES string of the molecule is Cc1ccccc1SC[C@@H](C)CN[C@@H]1COc2ccccc2SC1. The van der Waals surface area contributed by atoms with Crippen LogP contribution in [0.3, 0.4) is 0 Å². The van der Waals surface area contributed by atoms with Gasteiger partial charge in [0.15, 0.2) is 0 Å². The van der Waals surface area contributed by atoms with Crippen LogP contribution in [0.25, 0.3) is 0 Å². The molecule has 24 heavy (non-hydrogen) atoms. The van der Waals surface area contributed by atoms with Crippen LogP contribution in [0.4, 0.5) is 0 Å². The van der Waals surface area contributed by atoms with Crippen molar-refractivity contribution in [2.24, 2.45) is 5.92 Å². The molecule has 2 nitrogen and oxygen atoms in total. The van der Waals surface area contributed by atoms with Gasteiger partial charge < -0.3 is 10.1 Å². The van der Waals surface area contributed by atoms with Crippen molar-refractivity contribution in [3.63, 3.8) is 0 Å². The Balaban J connectivity index is 1.42. The minimum atomic E-state index is 0.410. The molecule has 1 aliphatic rings. The summed E-state index contributed by atoms with van der Waals surface area (Å²) in [6.07, 6.45) is 0. The van der Waals surface area contributed by atoms with Crippen LogP contribution in [0, 0.1) is 12.8 Å². The molecule has 3 rings (SSSR count). The molecule has 0 unspecified atom stereocenters. The van der Waals surface area contributed by atoms with Crippen LogP contribution in [0.15, 0.2) is 58.3 Å². The van der Waals surface area contributed by atoms with Gasteiger partial charge >= 0.3 is 0 Å². The van der Waals surface area contributed by atoms with Crippen molar-refractivity contribution in [3.05, 3.63) is 54.1 Å². The van der Waals surface area contributed by atoms with Crippen molar-refractivity contribution in [1.29, 1.82) is 0 Å². The molecule has 1 aliphatic heterocycles. The molecule has 2 aromatic rings. The van der Waals surface area contributed by atoms with Gasteiger partial charge in [-0.3, -0.25) is 0 Å². The zero-order chi connectivity index (χ0) is 16.8. The molecule has 0 amide bonds. The number of aryl methyl sites for hydroxylation is 1. The number of benzene rings is 2. The second-order valence-electron chi connectivity index (χ2n) is 6.36. The molecule has 2 aromatic carbocycles. The van der Waals surface area contributed by atoms with Crippen molar-refractivity contribution >= 4 is 23.5 Å². The quantitative estimate of drug-likeness (QED) is 0.743. The van der Waals surface area contributed by atoms with Gasteiger partial charge in [-0.1, -0.05) is 37.3 Å². The zero-order valence-electron chi connectivity index (χ0n) is 14.3. The molecule has 2 atom stereocenters. The molecular weight excluding hydrogens is 334 g/mol. The lowest BCUT2D eigenvalue weighted by Gasteiger charge is -2.19. The first-order chi connectivity index (χ1) is 11.7. The predicted octanol–water partition coefficient (Wildman–Crippen LogP) is 4.87. The summed E-state index contributed by atoms with van der Waals surface area (Å²) in [6.45, 7) is 6.28. The number of para-hydroxylation sites is 1. The van der Waals surface area contributed by atoms with Crippen molar-refractivity contribution in [2.75, 3.05) is 24.7 Å². The van der Waals surface area contributed by atoms with E-state index in [1.807, 2.05) is 29.6 Å². The monoisotopic (exact) mass is 359 g/mol. The second kappa shape index (κ2) is 8.84. The fourth-order valence-corrected chi connectivity index (χ4v) is 4.70. The van der Waals surface area contributed by atoms with E-state index < -0.39 is 0 Å². The molecule has 4 heteroatoms. The Labute approximate surface area is 153 Å². The Morgan fingerprint density at radius 1 is 1.21 bits per heavy atom. The van der Waals surface area contributed by atoms with Gasteiger partial charge in [-0.25, -0.2) is 0 Å². The summed E-state index contributed by atoms with van der Waals surface area (Å²) >= 11 is 3.85. The molecule has 0 saturated heterocycles. The van der Waals surface area contributed by atoms with Crippen LogP contribution in [0.1, 0.15) is 12.5 Å². The molecule has 128 valence electrons. The van der Waals surface area contributed by atoms with E-state index in [4.69, 9.17) is 4.74 Å². The average molecular weight is 360 g/mol. The maximum atomic E-state index is 5.95. The summed E-state index contributed by atoms with van der Waals surface area (Å²) in [7, 11) is 0. The summed E-state index contributed by atoms with van der Waals surface area (Å²) in [5.74, 6) is 3.85. The summed E-state index contributed by atoms with van der Waals surface area (Å²) in [4.78, 5) is 2.65. The Morgan fingerprint density at radius 3 is 2.88 bits per heavy atom. The van der Waals surface area contributed by atoms with Crippen LogP contribution in [0.5, 0.6) is 5.75 Å². The van der Waals surface area contributed by atoms with Gasteiger partial charge in [0.2, 0.25) is 0 Å². The van der Waals surface area contributed by atoms with Gasteiger partial charge in [0.05, 0.1) is 6.04 Å². The predicted molar refractivity (Wildman–Crippen MR) is 106 cm³/mol. The highest BCUT2D eigenvalue weighted by Crippen LogP contribution is 2.32. The molecule has 0 radical (unpaired) electrons. The van der Waals surface area contributed by atoms with E-state index in [-0.39, 0.29) is 0 Å². The maximum Gasteiger partial charge on any atom is 0.132 e. The fraction of sp³-hybridized carbons (Fsp3) is 0.400. The summed E-state index contributed by atoms with van der Waals surface area (Å²) in [5, 5.41) is 3.69. The molecule has 0 bridgehead atoms. The molecule has 1 heterocycles. The highest BCUT2D eigenvalue weighted by Gasteiger charge is 2.17. The van der Waals surface area contributed by atoms with Gasteiger partial charge in [-0.15, -0.1) is 23.5 Å². The average Bonchev–Trinajstić information content (AvgIpc) is 2.82. The maximum absolute atomic E-state index is 5.95. The molecule has 0 saturated carbocycles. The van der Waals surface area contributed by atoms with Gasteiger partial charge in [0.25, 0.3) is 0 Å². The lowest BCUT2D eigenvalue weighted by molar-refractivity contribution is 0.270. The first kappa shape index (κ1) is 17.7. The highest BCUT2D eigenvalue weighted by atomic mass is 32.2. The second-order valence-corrected chi connectivity index (χ2v) is 8.48. The van der Waals surface area contributed by atoms with Crippen LogP contribution >= 0.6 is 23.5 Å². The number of hydrogen-bond acceptors (Lipinski definition) is 4. The van der Waals surface area contributed by atoms with Gasteiger partial charge in [-0.2, -0.15) is 0 Å².